The first-order chi connectivity index (χ1) is 8.34. The fraction of sp³-hybridized carbons (Fsp3) is 0.846. The third kappa shape index (κ3) is 2.51. The Morgan fingerprint density at radius 1 is 1.18 bits per heavy atom. The van der Waals surface area contributed by atoms with Crippen LogP contribution in [-0.2, 0) is 0 Å². The Hall–Kier alpha value is -0.900. The quantitative estimate of drug-likeness (QED) is 0.792. The zero-order chi connectivity index (χ0) is 12.3. The van der Waals surface area contributed by atoms with Crippen molar-refractivity contribution in [2.24, 2.45) is 0 Å². The van der Waals surface area contributed by atoms with Gasteiger partial charge in [0.05, 0.1) is 6.04 Å². The smallest absolute Gasteiger partial charge is 0.243 e. The monoisotopic (exact) mass is 237 g/mol. The number of aromatic nitrogens is 2. The molecule has 1 aromatic heterocycles. The van der Waals surface area contributed by atoms with Crippen molar-refractivity contribution in [3.05, 3.63) is 11.7 Å². The van der Waals surface area contributed by atoms with E-state index in [9.17, 15) is 0 Å². The molecule has 3 rings (SSSR count). The van der Waals surface area contributed by atoms with Crippen molar-refractivity contribution in [3.63, 3.8) is 0 Å². The number of nitrogens with zero attached hydrogens (tertiary/aromatic N) is 3. The second kappa shape index (κ2) is 5.63. The van der Waals surface area contributed by atoms with E-state index in [4.69, 9.17) is 4.52 Å². The predicted octanol–water partition coefficient (Wildman–Crippen LogP) is 3.09. The molecule has 1 saturated carbocycles. The Bertz CT molecular complexity index is 346. The summed E-state index contributed by atoms with van der Waals surface area (Å²) in [4.78, 5) is 6.93. The maximum Gasteiger partial charge on any atom is 0.243 e. The van der Waals surface area contributed by atoms with Gasteiger partial charge in [-0.05, 0) is 39.2 Å². The Balaban J connectivity index is 0.000000514. The Kier molecular flexibility index (Phi) is 4.15. The molecule has 96 valence electrons. The zero-order valence-electron chi connectivity index (χ0n) is 11.1. The Morgan fingerprint density at radius 3 is 2.47 bits per heavy atom. The second-order valence-electron chi connectivity index (χ2n) is 4.66. The lowest BCUT2D eigenvalue weighted by Gasteiger charge is -2.37. The van der Waals surface area contributed by atoms with E-state index < -0.39 is 0 Å². The normalized spacial score (nSPS) is 25.2. The van der Waals surface area contributed by atoms with Crippen LogP contribution in [0.15, 0.2) is 4.52 Å². The summed E-state index contributed by atoms with van der Waals surface area (Å²) in [5.41, 5.74) is 0. The average Bonchev–Trinajstić information content (AvgIpc) is 2.88. The zero-order valence-corrected chi connectivity index (χ0v) is 11.1. The number of hydrogen-bond acceptors (Lipinski definition) is 4. The van der Waals surface area contributed by atoms with Crippen molar-refractivity contribution >= 4 is 0 Å². The molecule has 1 aromatic rings. The molecule has 1 unspecified atom stereocenters. The van der Waals surface area contributed by atoms with Gasteiger partial charge in [-0.3, -0.25) is 4.90 Å². The summed E-state index contributed by atoms with van der Waals surface area (Å²) in [6, 6.07) is 1.18. The Labute approximate surface area is 103 Å². The van der Waals surface area contributed by atoms with Gasteiger partial charge in [0.2, 0.25) is 5.89 Å². The van der Waals surface area contributed by atoms with Crippen LogP contribution in [-0.4, -0.2) is 27.6 Å². The standard InChI is InChI=1S/C11H17N3O.C2H6/c1-8-12-11(15-13-8)10-6-3-7-14(10)9-4-2-5-9;1-2/h9-10H,2-7H2,1H3;1-2H3. The van der Waals surface area contributed by atoms with Gasteiger partial charge in [-0.15, -0.1) is 0 Å². The summed E-state index contributed by atoms with van der Waals surface area (Å²) in [5, 5.41) is 3.89. The summed E-state index contributed by atoms with van der Waals surface area (Å²) >= 11 is 0. The molecule has 0 N–H and O–H groups in total. The van der Waals surface area contributed by atoms with Crippen LogP contribution in [0.5, 0.6) is 0 Å². The number of aryl methyl sites for hydroxylation is 1. The van der Waals surface area contributed by atoms with Crippen molar-refractivity contribution < 1.29 is 4.52 Å². The van der Waals surface area contributed by atoms with Crippen LogP contribution in [0, 0.1) is 6.92 Å². The van der Waals surface area contributed by atoms with Crippen LogP contribution in [0.1, 0.15) is 63.7 Å². The minimum atomic E-state index is 0.400. The molecule has 4 nitrogen and oxygen atoms in total. The van der Waals surface area contributed by atoms with E-state index in [1.807, 2.05) is 20.8 Å². The summed E-state index contributed by atoms with van der Waals surface area (Å²) in [5.74, 6) is 1.59. The highest BCUT2D eigenvalue weighted by Gasteiger charge is 2.37. The lowest BCUT2D eigenvalue weighted by Crippen LogP contribution is -2.39. The molecule has 0 aromatic carbocycles. The maximum atomic E-state index is 5.29. The highest BCUT2D eigenvalue weighted by Crippen LogP contribution is 2.38. The molecule has 2 heterocycles. The lowest BCUT2D eigenvalue weighted by atomic mass is 9.91. The van der Waals surface area contributed by atoms with Crippen LogP contribution in [0.3, 0.4) is 0 Å². The molecular formula is C13H23N3O. The third-order valence-electron chi connectivity index (χ3n) is 3.67. The highest BCUT2D eigenvalue weighted by atomic mass is 16.5. The first kappa shape index (κ1) is 12.6. The van der Waals surface area contributed by atoms with E-state index in [0.29, 0.717) is 6.04 Å². The van der Waals surface area contributed by atoms with E-state index in [2.05, 4.69) is 15.0 Å². The van der Waals surface area contributed by atoms with Gasteiger partial charge in [-0.2, -0.15) is 4.98 Å². The lowest BCUT2D eigenvalue weighted by molar-refractivity contribution is 0.0966. The molecule has 1 atom stereocenters. The molecule has 2 fully saturated rings. The fourth-order valence-electron chi connectivity index (χ4n) is 2.66. The second-order valence-corrected chi connectivity index (χ2v) is 4.66. The van der Waals surface area contributed by atoms with E-state index in [1.165, 1.54) is 38.6 Å². The van der Waals surface area contributed by atoms with Crippen LogP contribution in [0.25, 0.3) is 0 Å². The first-order valence-corrected chi connectivity index (χ1v) is 6.90. The number of hydrogen-bond donors (Lipinski definition) is 0. The van der Waals surface area contributed by atoms with Crippen LogP contribution >= 0.6 is 0 Å². The summed E-state index contributed by atoms with van der Waals surface area (Å²) in [6.07, 6.45) is 6.53. The Morgan fingerprint density at radius 2 is 1.94 bits per heavy atom. The fourth-order valence-corrected chi connectivity index (χ4v) is 2.66. The molecule has 0 bridgehead atoms. The van der Waals surface area contributed by atoms with Crippen molar-refractivity contribution in [2.75, 3.05) is 6.54 Å². The van der Waals surface area contributed by atoms with E-state index in [-0.39, 0.29) is 0 Å². The van der Waals surface area contributed by atoms with Crippen molar-refractivity contribution in [1.82, 2.24) is 15.0 Å². The van der Waals surface area contributed by atoms with Crippen LogP contribution in [0.4, 0.5) is 0 Å². The third-order valence-corrected chi connectivity index (χ3v) is 3.67. The molecule has 0 amide bonds. The predicted molar refractivity (Wildman–Crippen MR) is 66.7 cm³/mol. The molecule has 0 radical (unpaired) electrons. The topological polar surface area (TPSA) is 42.2 Å². The average molecular weight is 237 g/mol. The van der Waals surface area contributed by atoms with Crippen molar-refractivity contribution in [1.29, 1.82) is 0 Å². The highest BCUT2D eigenvalue weighted by molar-refractivity contribution is 4.99. The van der Waals surface area contributed by atoms with E-state index in [1.54, 1.807) is 0 Å². The SMILES string of the molecule is CC.Cc1noc(C2CCCN2C2CCC2)n1. The van der Waals surface area contributed by atoms with Gasteiger partial charge >= 0.3 is 0 Å². The summed E-state index contributed by atoms with van der Waals surface area (Å²) in [7, 11) is 0. The van der Waals surface area contributed by atoms with Gasteiger partial charge in [-0.1, -0.05) is 25.4 Å². The molecule has 1 aliphatic heterocycles. The van der Waals surface area contributed by atoms with E-state index in [0.717, 1.165) is 17.8 Å². The van der Waals surface area contributed by atoms with Crippen molar-refractivity contribution in [2.45, 2.75) is 65.0 Å². The number of rotatable bonds is 2. The molecule has 1 aliphatic carbocycles. The largest absolute Gasteiger partial charge is 0.338 e. The molecular weight excluding hydrogens is 214 g/mol. The maximum absolute atomic E-state index is 5.29. The first-order valence-electron chi connectivity index (χ1n) is 6.90. The van der Waals surface area contributed by atoms with Gasteiger partial charge in [0.25, 0.3) is 0 Å². The van der Waals surface area contributed by atoms with Crippen LogP contribution < -0.4 is 0 Å². The molecule has 17 heavy (non-hydrogen) atoms. The summed E-state index contributed by atoms with van der Waals surface area (Å²) < 4.78 is 5.29. The summed E-state index contributed by atoms with van der Waals surface area (Å²) in [6.45, 7) is 7.09. The molecule has 2 aliphatic rings. The number of likely N-dealkylation sites (tertiary alicyclic amines) is 1. The molecule has 4 heteroatoms. The molecule has 1 saturated heterocycles. The molecule has 0 spiro atoms. The van der Waals surface area contributed by atoms with Gasteiger partial charge in [0, 0.05) is 6.04 Å². The van der Waals surface area contributed by atoms with Crippen LogP contribution in [0.2, 0.25) is 0 Å². The van der Waals surface area contributed by atoms with E-state index >= 15 is 0 Å². The van der Waals surface area contributed by atoms with Gasteiger partial charge in [0.1, 0.15) is 0 Å². The van der Waals surface area contributed by atoms with Gasteiger partial charge < -0.3 is 4.52 Å². The van der Waals surface area contributed by atoms with Crippen molar-refractivity contribution in [3.8, 4) is 0 Å². The minimum Gasteiger partial charge on any atom is -0.338 e. The minimum absolute atomic E-state index is 0.400. The van der Waals surface area contributed by atoms with Gasteiger partial charge in [0.15, 0.2) is 5.82 Å². The van der Waals surface area contributed by atoms with Gasteiger partial charge in [-0.25, -0.2) is 0 Å².